The van der Waals surface area contributed by atoms with E-state index in [1.807, 2.05) is 26.0 Å². The number of halogens is 1. The standard InChI is InChI=1S/C18H16ClN3O2/c1-11-7-12(2)18(15(19)8-11)22-17(24)9-16(23)21-14-5-3-13(10-20)4-6-14/h3-8H,9H2,1-2H3,(H,21,23)(H,22,24). The molecule has 0 aliphatic heterocycles. The Hall–Kier alpha value is -2.84. The fourth-order valence-corrected chi connectivity index (χ4v) is 2.61. The molecule has 2 aromatic carbocycles. The van der Waals surface area contributed by atoms with Gasteiger partial charge in [-0.3, -0.25) is 9.59 Å². The van der Waals surface area contributed by atoms with Crippen molar-refractivity contribution in [2.45, 2.75) is 20.3 Å². The second-order valence-corrected chi connectivity index (χ2v) is 5.81. The Morgan fingerprint density at radius 1 is 1.08 bits per heavy atom. The third-order valence-corrected chi connectivity index (χ3v) is 3.61. The second-order valence-electron chi connectivity index (χ2n) is 5.40. The Kier molecular flexibility index (Phi) is 5.56. The van der Waals surface area contributed by atoms with E-state index in [0.29, 0.717) is 22.0 Å². The first-order valence-corrected chi connectivity index (χ1v) is 7.63. The quantitative estimate of drug-likeness (QED) is 0.830. The lowest BCUT2D eigenvalue weighted by Gasteiger charge is -2.11. The van der Waals surface area contributed by atoms with E-state index in [-0.39, 0.29) is 6.42 Å². The van der Waals surface area contributed by atoms with E-state index in [2.05, 4.69) is 10.6 Å². The van der Waals surface area contributed by atoms with Crippen molar-refractivity contribution in [1.82, 2.24) is 0 Å². The molecule has 0 aliphatic rings. The van der Waals surface area contributed by atoms with Crippen molar-refractivity contribution < 1.29 is 9.59 Å². The van der Waals surface area contributed by atoms with E-state index in [1.165, 1.54) is 0 Å². The Morgan fingerprint density at radius 2 is 1.71 bits per heavy atom. The summed E-state index contributed by atoms with van der Waals surface area (Å²) in [4.78, 5) is 24.0. The van der Waals surface area contributed by atoms with Gasteiger partial charge in [0.15, 0.2) is 0 Å². The molecule has 0 aliphatic carbocycles. The van der Waals surface area contributed by atoms with E-state index in [1.54, 1.807) is 30.3 Å². The van der Waals surface area contributed by atoms with Crippen LogP contribution in [-0.2, 0) is 9.59 Å². The highest BCUT2D eigenvalue weighted by atomic mass is 35.5. The highest BCUT2D eigenvalue weighted by Gasteiger charge is 2.13. The summed E-state index contributed by atoms with van der Waals surface area (Å²) in [5.74, 6) is -0.895. The van der Waals surface area contributed by atoms with Gasteiger partial charge in [-0.25, -0.2) is 0 Å². The van der Waals surface area contributed by atoms with Crippen molar-refractivity contribution in [3.05, 3.63) is 58.1 Å². The molecule has 0 fully saturated rings. The summed E-state index contributed by atoms with van der Waals surface area (Å²) in [5.41, 5.74) is 3.36. The summed E-state index contributed by atoms with van der Waals surface area (Å²) >= 11 is 6.13. The van der Waals surface area contributed by atoms with Gasteiger partial charge < -0.3 is 10.6 Å². The highest BCUT2D eigenvalue weighted by Crippen LogP contribution is 2.27. The third kappa shape index (κ3) is 4.58. The fourth-order valence-electron chi connectivity index (χ4n) is 2.24. The largest absolute Gasteiger partial charge is 0.326 e. The summed E-state index contributed by atoms with van der Waals surface area (Å²) in [6.45, 7) is 3.75. The van der Waals surface area contributed by atoms with Gasteiger partial charge in [0.05, 0.1) is 22.3 Å². The first-order chi connectivity index (χ1) is 11.4. The molecule has 6 heteroatoms. The summed E-state index contributed by atoms with van der Waals surface area (Å²) < 4.78 is 0. The number of amides is 2. The number of benzene rings is 2. The van der Waals surface area contributed by atoms with Crippen LogP contribution in [0, 0.1) is 25.2 Å². The summed E-state index contributed by atoms with van der Waals surface area (Å²) in [6.07, 6.45) is -0.330. The van der Waals surface area contributed by atoms with Gasteiger partial charge in [-0.2, -0.15) is 5.26 Å². The molecule has 0 saturated carbocycles. The van der Waals surface area contributed by atoms with Crippen molar-refractivity contribution in [3.63, 3.8) is 0 Å². The predicted octanol–water partition coefficient (Wildman–Crippen LogP) is 3.80. The molecule has 2 aromatic rings. The van der Waals surface area contributed by atoms with E-state index < -0.39 is 11.8 Å². The molecule has 0 saturated heterocycles. The summed E-state index contributed by atoms with van der Waals surface area (Å²) in [7, 11) is 0. The number of anilines is 2. The number of rotatable bonds is 4. The Labute approximate surface area is 145 Å². The lowest BCUT2D eigenvalue weighted by Crippen LogP contribution is -2.22. The van der Waals surface area contributed by atoms with Crippen LogP contribution < -0.4 is 10.6 Å². The Bertz CT molecular complexity index is 800. The molecule has 0 radical (unpaired) electrons. The zero-order valence-electron chi connectivity index (χ0n) is 13.3. The Morgan fingerprint density at radius 3 is 2.29 bits per heavy atom. The van der Waals surface area contributed by atoms with Crippen LogP contribution in [0.25, 0.3) is 0 Å². The molecule has 0 spiro atoms. The van der Waals surface area contributed by atoms with Gasteiger partial charge in [0.25, 0.3) is 0 Å². The first-order valence-electron chi connectivity index (χ1n) is 7.25. The molecular weight excluding hydrogens is 326 g/mol. The molecule has 122 valence electrons. The maximum atomic E-state index is 12.0. The predicted molar refractivity (Wildman–Crippen MR) is 94.0 cm³/mol. The summed E-state index contributed by atoms with van der Waals surface area (Å²) in [5, 5.41) is 14.4. The normalized spacial score (nSPS) is 9.92. The molecule has 0 heterocycles. The number of carbonyl (C=O) groups excluding carboxylic acids is 2. The molecule has 0 atom stereocenters. The zero-order chi connectivity index (χ0) is 17.7. The number of hydrogen-bond acceptors (Lipinski definition) is 3. The van der Waals surface area contributed by atoms with Gasteiger partial charge in [-0.1, -0.05) is 17.7 Å². The molecule has 5 nitrogen and oxygen atoms in total. The topological polar surface area (TPSA) is 82.0 Å². The van der Waals surface area contributed by atoms with Crippen LogP contribution in [0.1, 0.15) is 23.1 Å². The molecular formula is C18H16ClN3O2. The minimum Gasteiger partial charge on any atom is -0.326 e. The molecule has 2 amide bonds. The number of nitrogens with zero attached hydrogens (tertiary/aromatic N) is 1. The molecule has 0 aromatic heterocycles. The van der Waals surface area contributed by atoms with E-state index in [0.717, 1.165) is 11.1 Å². The van der Waals surface area contributed by atoms with Gasteiger partial charge >= 0.3 is 0 Å². The van der Waals surface area contributed by atoms with Crippen LogP contribution in [0.15, 0.2) is 36.4 Å². The minimum absolute atomic E-state index is 0.330. The van der Waals surface area contributed by atoms with Gasteiger partial charge in [-0.05, 0) is 55.3 Å². The van der Waals surface area contributed by atoms with Crippen LogP contribution >= 0.6 is 11.6 Å². The van der Waals surface area contributed by atoms with Crippen LogP contribution in [0.4, 0.5) is 11.4 Å². The van der Waals surface area contributed by atoms with Crippen LogP contribution in [0.5, 0.6) is 0 Å². The van der Waals surface area contributed by atoms with Gasteiger partial charge in [0, 0.05) is 5.69 Å². The average molecular weight is 342 g/mol. The lowest BCUT2D eigenvalue weighted by molar-refractivity contribution is -0.123. The van der Waals surface area contributed by atoms with Crippen LogP contribution in [0.2, 0.25) is 5.02 Å². The summed E-state index contributed by atoms with van der Waals surface area (Å²) in [6, 6.07) is 12.0. The number of nitriles is 1. The van der Waals surface area contributed by atoms with Crippen molar-refractivity contribution in [1.29, 1.82) is 5.26 Å². The molecule has 24 heavy (non-hydrogen) atoms. The van der Waals surface area contributed by atoms with E-state index in [9.17, 15) is 9.59 Å². The van der Waals surface area contributed by atoms with Gasteiger partial charge in [-0.15, -0.1) is 0 Å². The molecule has 0 unspecified atom stereocenters. The number of nitrogens with one attached hydrogen (secondary N) is 2. The fraction of sp³-hybridized carbons (Fsp3) is 0.167. The average Bonchev–Trinajstić information content (AvgIpc) is 2.51. The van der Waals surface area contributed by atoms with Crippen molar-refractivity contribution in [2.75, 3.05) is 10.6 Å². The smallest absolute Gasteiger partial charge is 0.233 e. The van der Waals surface area contributed by atoms with Crippen molar-refractivity contribution in [3.8, 4) is 6.07 Å². The number of aryl methyl sites for hydroxylation is 2. The molecule has 2 N–H and O–H groups in total. The molecule has 2 rings (SSSR count). The minimum atomic E-state index is -0.449. The second kappa shape index (κ2) is 7.62. The number of hydrogen-bond donors (Lipinski definition) is 2. The van der Waals surface area contributed by atoms with Crippen LogP contribution in [-0.4, -0.2) is 11.8 Å². The van der Waals surface area contributed by atoms with Crippen molar-refractivity contribution >= 4 is 34.8 Å². The maximum Gasteiger partial charge on any atom is 0.233 e. The molecule has 0 bridgehead atoms. The third-order valence-electron chi connectivity index (χ3n) is 3.32. The van der Waals surface area contributed by atoms with Crippen LogP contribution in [0.3, 0.4) is 0 Å². The zero-order valence-corrected chi connectivity index (χ0v) is 14.1. The van der Waals surface area contributed by atoms with Gasteiger partial charge in [0.2, 0.25) is 11.8 Å². The monoisotopic (exact) mass is 341 g/mol. The maximum absolute atomic E-state index is 12.0. The lowest BCUT2D eigenvalue weighted by atomic mass is 10.1. The van der Waals surface area contributed by atoms with E-state index in [4.69, 9.17) is 16.9 Å². The van der Waals surface area contributed by atoms with Crippen molar-refractivity contribution in [2.24, 2.45) is 0 Å². The highest BCUT2D eigenvalue weighted by molar-refractivity contribution is 6.34. The number of carbonyl (C=O) groups is 2. The SMILES string of the molecule is Cc1cc(C)c(NC(=O)CC(=O)Nc2ccc(C#N)cc2)c(Cl)c1. The van der Waals surface area contributed by atoms with E-state index >= 15 is 0 Å². The van der Waals surface area contributed by atoms with Gasteiger partial charge in [0.1, 0.15) is 6.42 Å². The Balaban J connectivity index is 1.97. The first kappa shape index (κ1) is 17.5.